The van der Waals surface area contributed by atoms with Gasteiger partial charge in [-0.15, -0.1) is 0 Å². The summed E-state index contributed by atoms with van der Waals surface area (Å²) in [5, 5.41) is 0. The molecule has 27 heavy (non-hydrogen) atoms. The van der Waals surface area contributed by atoms with Gasteiger partial charge in [-0.05, 0) is 25.7 Å². The van der Waals surface area contributed by atoms with Crippen molar-refractivity contribution < 1.29 is 9.59 Å². The molecule has 3 heterocycles. The van der Waals surface area contributed by atoms with Crippen LogP contribution in [0.15, 0.2) is 4.79 Å². The lowest BCUT2D eigenvalue weighted by atomic mass is 9.95. The van der Waals surface area contributed by atoms with E-state index in [2.05, 4.69) is 4.98 Å². The molecule has 2 amide bonds. The van der Waals surface area contributed by atoms with Crippen LogP contribution in [-0.2, 0) is 22.6 Å². The Hall–Kier alpha value is -2.18. The number of aromatic amines is 1. The Kier molecular flexibility index (Phi) is 6.29. The minimum atomic E-state index is -0.117. The fraction of sp³-hybridized carbons (Fsp3) is 0.700. The van der Waals surface area contributed by atoms with Crippen LogP contribution in [0.25, 0.3) is 0 Å². The Balaban J connectivity index is 1.68. The molecule has 2 aliphatic rings. The quantitative estimate of drug-likeness (QED) is 0.854. The summed E-state index contributed by atoms with van der Waals surface area (Å²) in [5.74, 6) is 1.26. The standard InChI is InChI=1S/C20H30N4O3/c1-3-5-17(25)23-10-7-14(8-11-23)19-21-16-9-12-24(18(26)6-4-2)13-15(16)20(27)22-19/h14H,3-13H2,1-2H3,(H,21,22,27). The highest BCUT2D eigenvalue weighted by Crippen LogP contribution is 2.26. The number of aromatic nitrogens is 2. The molecule has 0 unspecified atom stereocenters. The molecular formula is C20H30N4O3. The van der Waals surface area contributed by atoms with Gasteiger partial charge >= 0.3 is 0 Å². The molecule has 0 radical (unpaired) electrons. The second-order valence-electron chi connectivity index (χ2n) is 7.60. The van der Waals surface area contributed by atoms with Gasteiger partial charge < -0.3 is 14.8 Å². The summed E-state index contributed by atoms with van der Waals surface area (Å²) in [6.07, 6.45) is 5.11. The molecule has 0 aromatic carbocycles. The van der Waals surface area contributed by atoms with E-state index in [0.717, 1.165) is 50.3 Å². The van der Waals surface area contributed by atoms with Gasteiger partial charge in [0.15, 0.2) is 0 Å². The van der Waals surface area contributed by atoms with Gasteiger partial charge in [-0.1, -0.05) is 13.8 Å². The zero-order chi connectivity index (χ0) is 19.4. The lowest BCUT2D eigenvalue weighted by Gasteiger charge is -2.32. The Morgan fingerprint density at radius 3 is 2.30 bits per heavy atom. The smallest absolute Gasteiger partial charge is 0.256 e. The van der Waals surface area contributed by atoms with Gasteiger partial charge in [0.2, 0.25) is 11.8 Å². The highest BCUT2D eigenvalue weighted by Gasteiger charge is 2.28. The minimum absolute atomic E-state index is 0.107. The van der Waals surface area contributed by atoms with Crippen molar-refractivity contribution in [2.75, 3.05) is 19.6 Å². The van der Waals surface area contributed by atoms with Crippen molar-refractivity contribution in [3.05, 3.63) is 27.4 Å². The molecule has 0 spiro atoms. The molecule has 0 atom stereocenters. The van der Waals surface area contributed by atoms with E-state index >= 15 is 0 Å². The Labute approximate surface area is 160 Å². The average Bonchev–Trinajstić information content (AvgIpc) is 2.68. The summed E-state index contributed by atoms with van der Waals surface area (Å²) < 4.78 is 0. The molecule has 7 nitrogen and oxygen atoms in total. The van der Waals surface area contributed by atoms with Gasteiger partial charge in [-0.25, -0.2) is 4.98 Å². The number of carbonyl (C=O) groups is 2. The monoisotopic (exact) mass is 374 g/mol. The van der Waals surface area contributed by atoms with Gasteiger partial charge in [0.05, 0.1) is 17.8 Å². The number of carbonyl (C=O) groups excluding carboxylic acids is 2. The second-order valence-corrected chi connectivity index (χ2v) is 7.60. The van der Waals surface area contributed by atoms with Crippen LogP contribution < -0.4 is 5.56 Å². The number of fused-ring (bicyclic) bond motifs is 1. The second kappa shape index (κ2) is 8.67. The van der Waals surface area contributed by atoms with Crippen LogP contribution in [0.3, 0.4) is 0 Å². The van der Waals surface area contributed by atoms with Gasteiger partial charge in [0.1, 0.15) is 5.82 Å². The van der Waals surface area contributed by atoms with Crippen molar-refractivity contribution >= 4 is 11.8 Å². The average molecular weight is 374 g/mol. The van der Waals surface area contributed by atoms with Gasteiger partial charge in [-0.2, -0.15) is 0 Å². The van der Waals surface area contributed by atoms with Crippen LogP contribution in [0, 0.1) is 0 Å². The summed E-state index contributed by atoms with van der Waals surface area (Å²) in [4.78, 5) is 48.2. The fourth-order valence-electron chi connectivity index (χ4n) is 4.00. The highest BCUT2D eigenvalue weighted by molar-refractivity contribution is 5.76. The van der Waals surface area contributed by atoms with Crippen molar-refractivity contribution in [2.24, 2.45) is 0 Å². The first-order valence-electron chi connectivity index (χ1n) is 10.2. The highest BCUT2D eigenvalue weighted by atomic mass is 16.2. The number of piperidine rings is 1. The van der Waals surface area contributed by atoms with Crippen LogP contribution in [-0.4, -0.2) is 51.2 Å². The molecule has 148 valence electrons. The Morgan fingerprint density at radius 1 is 1.04 bits per heavy atom. The van der Waals surface area contributed by atoms with E-state index in [1.54, 1.807) is 4.90 Å². The van der Waals surface area contributed by atoms with Crippen LogP contribution in [0.4, 0.5) is 0 Å². The minimum Gasteiger partial charge on any atom is -0.343 e. The zero-order valence-electron chi connectivity index (χ0n) is 16.4. The molecule has 1 N–H and O–H groups in total. The number of H-pyrrole nitrogens is 1. The van der Waals surface area contributed by atoms with Crippen molar-refractivity contribution in [1.82, 2.24) is 19.8 Å². The number of rotatable bonds is 5. The van der Waals surface area contributed by atoms with E-state index in [4.69, 9.17) is 4.98 Å². The van der Waals surface area contributed by atoms with Crippen molar-refractivity contribution in [3.63, 3.8) is 0 Å². The SMILES string of the molecule is CCCC(=O)N1CCC(c2nc3c(c(=O)[nH]2)CN(C(=O)CCC)CC3)CC1. The summed E-state index contributed by atoms with van der Waals surface area (Å²) in [6.45, 7) is 6.44. The molecule has 7 heteroatoms. The van der Waals surface area contributed by atoms with E-state index in [9.17, 15) is 14.4 Å². The maximum absolute atomic E-state index is 12.6. The molecular weight excluding hydrogens is 344 g/mol. The molecule has 0 bridgehead atoms. The summed E-state index contributed by atoms with van der Waals surface area (Å²) in [5.41, 5.74) is 1.34. The van der Waals surface area contributed by atoms with E-state index in [0.29, 0.717) is 37.9 Å². The van der Waals surface area contributed by atoms with Crippen molar-refractivity contribution in [1.29, 1.82) is 0 Å². The predicted molar refractivity (Wildman–Crippen MR) is 102 cm³/mol. The first-order chi connectivity index (χ1) is 13.0. The van der Waals surface area contributed by atoms with Crippen LogP contribution in [0.2, 0.25) is 0 Å². The molecule has 1 fully saturated rings. The molecule has 0 saturated carbocycles. The van der Waals surface area contributed by atoms with E-state index < -0.39 is 0 Å². The van der Waals surface area contributed by atoms with Gasteiger partial charge in [0.25, 0.3) is 5.56 Å². The number of likely N-dealkylation sites (tertiary alicyclic amines) is 1. The van der Waals surface area contributed by atoms with Gasteiger partial charge in [-0.3, -0.25) is 14.4 Å². The molecule has 3 rings (SSSR count). The van der Waals surface area contributed by atoms with Crippen LogP contribution in [0.1, 0.15) is 75.4 Å². The molecule has 2 aliphatic heterocycles. The molecule has 1 aromatic rings. The third-order valence-electron chi connectivity index (χ3n) is 5.60. The number of hydrogen-bond acceptors (Lipinski definition) is 4. The van der Waals surface area contributed by atoms with Crippen LogP contribution in [0.5, 0.6) is 0 Å². The first kappa shape index (κ1) is 19.6. The normalized spacial score (nSPS) is 17.7. The first-order valence-corrected chi connectivity index (χ1v) is 10.2. The van der Waals surface area contributed by atoms with E-state index in [-0.39, 0.29) is 23.3 Å². The Bertz CT molecular complexity index is 750. The number of nitrogens with zero attached hydrogens (tertiary/aromatic N) is 3. The third-order valence-corrected chi connectivity index (χ3v) is 5.60. The topological polar surface area (TPSA) is 86.4 Å². The van der Waals surface area contributed by atoms with E-state index in [1.165, 1.54) is 0 Å². The molecule has 1 aromatic heterocycles. The third kappa shape index (κ3) is 4.39. The van der Waals surface area contributed by atoms with Crippen molar-refractivity contribution in [2.45, 2.75) is 71.3 Å². The van der Waals surface area contributed by atoms with Crippen molar-refractivity contribution in [3.8, 4) is 0 Å². The summed E-state index contributed by atoms with van der Waals surface area (Å²) in [6, 6.07) is 0. The van der Waals surface area contributed by atoms with Gasteiger partial charge in [0, 0.05) is 44.8 Å². The summed E-state index contributed by atoms with van der Waals surface area (Å²) >= 11 is 0. The lowest BCUT2D eigenvalue weighted by molar-refractivity contribution is -0.133. The zero-order valence-corrected chi connectivity index (χ0v) is 16.4. The lowest BCUT2D eigenvalue weighted by Crippen LogP contribution is -2.41. The predicted octanol–water partition coefficient (Wildman–Crippen LogP) is 1.96. The molecule has 1 saturated heterocycles. The number of hydrogen-bond donors (Lipinski definition) is 1. The largest absolute Gasteiger partial charge is 0.343 e. The maximum atomic E-state index is 12.6. The fourth-order valence-corrected chi connectivity index (χ4v) is 4.00. The maximum Gasteiger partial charge on any atom is 0.256 e. The molecule has 0 aliphatic carbocycles. The van der Waals surface area contributed by atoms with E-state index in [1.807, 2.05) is 18.7 Å². The number of amides is 2. The summed E-state index contributed by atoms with van der Waals surface area (Å²) in [7, 11) is 0. The van der Waals surface area contributed by atoms with Crippen LogP contribution >= 0.6 is 0 Å². The Morgan fingerprint density at radius 2 is 1.67 bits per heavy atom. The number of nitrogens with one attached hydrogen (secondary N) is 1.